The second-order valence-electron chi connectivity index (χ2n) is 6.58. The molecule has 0 aliphatic heterocycles. The highest BCUT2D eigenvalue weighted by molar-refractivity contribution is 5.78. The van der Waals surface area contributed by atoms with Crippen LogP contribution in [-0.4, -0.2) is 15.4 Å². The molecule has 4 nitrogen and oxygen atoms in total. The van der Waals surface area contributed by atoms with Crippen LogP contribution in [0.2, 0.25) is 0 Å². The Kier molecular flexibility index (Phi) is 3.84. The van der Waals surface area contributed by atoms with E-state index in [-0.39, 0.29) is 0 Å². The molecule has 0 spiro atoms. The van der Waals surface area contributed by atoms with E-state index in [1.54, 1.807) is 0 Å². The van der Waals surface area contributed by atoms with Gasteiger partial charge in [-0.1, -0.05) is 24.8 Å². The molecule has 1 aromatic heterocycles. The van der Waals surface area contributed by atoms with Crippen molar-refractivity contribution in [1.29, 1.82) is 0 Å². The smallest absolute Gasteiger partial charge is 0.111 e. The van der Waals surface area contributed by atoms with E-state index in [1.165, 1.54) is 0 Å². The van der Waals surface area contributed by atoms with Crippen LogP contribution in [0.5, 0.6) is 0 Å². The van der Waals surface area contributed by atoms with E-state index >= 15 is 0 Å². The molecule has 4 heteroatoms. The Bertz CT molecular complexity index is 763. The van der Waals surface area contributed by atoms with Crippen molar-refractivity contribution in [2.45, 2.75) is 32.2 Å². The largest absolute Gasteiger partial charge is 0.388 e. The lowest BCUT2D eigenvalue weighted by Gasteiger charge is -2.32. The van der Waals surface area contributed by atoms with Gasteiger partial charge in [0.05, 0.1) is 17.9 Å². The number of nitrogens with two attached hydrogens (primary N) is 1. The molecule has 1 saturated carbocycles. The summed E-state index contributed by atoms with van der Waals surface area (Å²) in [4.78, 5) is 9.30. The number of amidine groups is 1. The van der Waals surface area contributed by atoms with E-state index in [4.69, 9.17) is 10.7 Å². The molecule has 120 valence electrons. The Morgan fingerprint density at radius 1 is 1.39 bits per heavy atom. The Morgan fingerprint density at radius 3 is 2.65 bits per heavy atom. The average molecular weight is 308 g/mol. The third-order valence-corrected chi connectivity index (χ3v) is 4.47. The van der Waals surface area contributed by atoms with Gasteiger partial charge in [0.25, 0.3) is 0 Å². The van der Waals surface area contributed by atoms with Crippen LogP contribution >= 0.6 is 0 Å². The van der Waals surface area contributed by atoms with Crippen LogP contribution in [-0.2, 0) is 12.6 Å². The van der Waals surface area contributed by atoms with Crippen LogP contribution < -0.4 is 5.73 Å². The molecule has 0 saturated heterocycles. The van der Waals surface area contributed by atoms with E-state index < -0.39 is 5.54 Å². The summed E-state index contributed by atoms with van der Waals surface area (Å²) in [5.74, 6) is 1.08. The third kappa shape index (κ3) is 2.81. The molecule has 2 N–H and O–H groups in total. The zero-order valence-electron chi connectivity index (χ0n) is 14.1. The summed E-state index contributed by atoms with van der Waals surface area (Å²) >= 11 is 0. The van der Waals surface area contributed by atoms with Crippen LogP contribution in [0, 0.1) is 5.92 Å². The third-order valence-electron chi connectivity index (χ3n) is 4.47. The van der Waals surface area contributed by atoms with E-state index in [1.807, 2.05) is 31.1 Å². The first-order chi connectivity index (χ1) is 10.9. The number of aliphatic imine (C=N–C) groups is 1. The summed E-state index contributed by atoms with van der Waals surface area (Å²) in [7, 11) is 1.98. The average Bonchev–Trinajstić information content (AvgIpc) is 3.26. The van der Waals surface area contributed by atoms with Crippen molar-refractivity contribution >= 4 is 5.84 Å². The predicted octanol–water partition coefficient (Wildman–Crippen LogP) is 3.65. The fourth-order valence-electron chi connectivity index (χ4n) is 3.34. The van der Waals surface area contributed by atoms with Crippen LogP contribution in [0.1, 0.15) is 32.3 Å². The highest BCUT2D eigenvalue weighted by Crippen LogP contribution is 2.52. The standard InChI is InChI=1S/C19H24N4/c1-13(2)19(16-8-9-16,22-14(3)20)17-7-5-6-15(10-17)18-11-23(4)12-21-18/h5-7,10-12,16H,1,8-9H2,2-4H3,(H2,20,22). The van der Waals surface area contributed by atoms with Crippen molar-refractivity contribution in [3.63, 3.8) is 0 Å². The highest BCUT2D eigenvalue weighted by atomic mass is 15.0. The minimum atomic E-state index is -0.413. The van der Waals surface area contributed by atoms with Gasteiger partial charge in [-0.3, -0.25) is 4.99 Å². The molecule has 1 aromatic carbocycles. The maximum atomic E-state index is 5.96. The molecule has 0 bridgehead atoms. The molecule has 1 atom stereocenters. The molecule has 1 unspecified atom stereocenters. The van der Waals surface area contributed by atoms with Gasteiger partial charge < -0.3 is 10.3 Å². The van der Waals surface area contributed by atoms with Gasteiger partial charge in [0, 0.05) is 18.8 Å². The molecule has 1 aliphatic rings. The normalized spacial score (nSPS) is 17.8. The fourth-order valence-corrected chi connectivity index (χ4v) is 3.34. The number of hydrogen-bond acceptors (Lipinski definition) is 2. The minimum Gasteiger partial charge on any atom is -0.388 e. The van der Waals surface area contributed by atoms with Crippen molar-refractivity contribution in [3.05, 3.63) is 54.5 Å². The van der Waals surface area contributed by atoms with Gasteiger partial charge in [-0.05, 0) is 49.8 Å². The molecule has 2 aromatic rings. The maximum absolute atomic E-state index is 5.96. The predicted molar refractivity (Wildman–Crippen MR) is 95.2 cm³/mol. The van der Waals surface area contributed by atoms with Gasteiger partial charge >= 0.3 is 0 Å². The van der Waals surface area contributed by atoms with Gasteiger partial charge in [0.2, 0.25) is 0 Å². The molecule has 1 aliphatic carbocycles. The minimum absolute atomic E-state index is 0.413. The number of hydrogen-bond donors (Lipinski definition) is 1. The quantitative estimate of drug-likeness (QED) is 0.521. The van der Waals surface area contributed by atoms with Crippen molar-refractivity contribution in [1.82, 2.24) is 9.55 Å². The molecular formula is C19H24N4. The summed E-state index contributed by atoms with van der Waals surface area (Å²) in [6.45, 7) is 8.15. The number of aryl methyl sites for hydroxylation is 1. The first kappa shape index (κ1) is 15.5. The molecule has 23 heavy (non-hydrogen) atoms. The maximum Gasteiger partial charge on any atom is 0.111 e. The number of rotatable bonds is 5. The molecule has 1 heterocycles. The van der Waals surface area contributed by atoms with Crippen LogP contribution in [0.15, 0.2) is 53.9 Å². The summed E-state index contributed by atoms with van der Waals surface area (Å²) in [5, 5.41) is 0. The Hall–Kier alpha value is -2.36. The molecular weight excluding hydrogens is 284 g/mol. The van der Waals surface area contributed by atoms with Gasteiger partial charge in [-0.15, -0.1) is 0 Å². The van der Waals surface area contributed by atoms with E-state index in [9.17, 15) is 0 Å². The molecule has 3 rings (SSSR count). The van der Waals surface area contributed by atoms with Crippen LogP contribution in [0.4, 0.5) is 0 Å². The summed E-state index contributed by atoms with van der Waals surface area (Å²) in [6.07, 6.45) is 6.17. The molecule has 0 amide bonds. The Morgan fingerprint density at radius 2 is 2.13 bits per heavy atom. The highest BCUT2D eigenvalue weighted by Gasteiger charge is 2.47. The van der Waals surface area contributed by atoms with E-state index in [2.05, 4.69) is 42.8 Å². The van der Waals surface area contributed by atoms with Crippen molar-refractivity contribution in [3.8, 4) is 11.3 Å². The van der Waals surface area contributed by atoms with Crippen molar-refractivity contribution < 1.29 is 0 Å². The lowest BCUT2D eigenvalue weighted by molar-refractivity contribution is 0.460. The van der Waals surface area contributed by atoms with Crippen LogP contribution in [0.3, 0.4) is 0 Å². The van der Waals surface area contributed by atoms with Crippen molar-refractivity contribution in [2.75, 3.05) is 0 Å². The number of aromatic nitrogens is 2. The van der Waals surface area contributed by atoms with Crippen molar-refractivity contribution in [2.24, 2.45) is 23.7 Å². The summed E-state index contributed by atoms with van der Waals surface area (Å²) in [6, 6.07) is 8.47. The topological polar surface area (TPSA) is 56.2 Å². The second kappa shape index (κ2) is 5.69. The lowest BCUT2D eigenvalue weighted by atomic mass is 9.79. The molecule has 1 fully saturated rings. The fraction of sp³-hybridized carbons (Fsp3) is 0.368. The monoisotopic (exact) mass is 308 g/mol. The van der Waals surface area contributed by atoms with Gasteiger partial charge in [-0.25, -0.2) is 4.98 Å². The lowest BCUT2D eigenvalue weighted by Crippen LogP contribution is -2.30. The van der Waals surface area contributed by atoms with Gasteiger partial charge in [0.1, 0.15) is 5.54 Å². The van der Waals surface area contributed by atoms with Gasteiger partial charge in [0.15, 0.2) is 0 Å². The summed E-state index contributed by atoms with van der Waals surface area (Å²) in [5.41, 5.74) is 9.81. The first-order valence-corrected chi connectivity index (χ1v) is 8.00. The zero-order chi connectivity index (χ0) is 16.6. The number of nitrogens with zero attached hydrogens (tertiary/aromatic N) is 3. The Balaban J connectivity index is 2.14. The zero-order valence-corrected chi connectivity index (χ0v) is 14.1. The Labute approximate surface area is 137 Å². The number of benzene rings is 1. The van der Waals surface area contributed by atoms with Gasteiger partial charge in [-0.2, -0.15) is 0 Å². The SMILES string of the molecule is C=C(C)C(N=C(C)N)(c1cccc(-c2cn(C)cn2)c1)C1CC1. The van der Waals surface area contributed by atoms with E-state index in [0.29, 0.717) is 11.8 Å². The number of imidazole rings is 1. The summed E-state index contributed by atoms with van der Waals surface area (Å²) < 4.78 is 1.96. The first-order valence-electron chi connectivity index (χ1n) is 8.00. The molecule has 0 radical (unpaired) electrons. The van der Waals surface area contributed by atoms with Crippen LogP contribution in [0.25, 0.3) is 11.3 Å². The van der Waals surface area contributed by atoms with E-state index in [0.717, 1.165) is 35.2 Å². The second-order valence-corrected chi connectivity index (χ2v) is 6.58.